The van der Waals surface area contributed by atoms with Gasteiger partial charge in [0.15, 0.2) is 0 Å². The molecule has 0 amide bonds. The number of hydrogen-bond acceptors (Lipinski definition) is 4. The van der Waals surface area contributed by atoms with E-state index in [9.17, 15) is 5.11 Å². The summed E-state index contributed by atoms with van der Waals surface area (Å²) in [6, 6.07) is 6.88. The number of rotatable bonds is 2. The van der Waals surface area contributed by atoms with Crippen LogP contribution in [0.1, 0.15) is 18.0 Å². The zero-order valence-electron chi connectivity index (χ0n) is 9.39. The first-order valence-electron chi connectivity index (χ1n) is 5.78. The van der Waals surface area contributed by atoms with Crippen LogP contribution in [0.4, 0.5) is 0 Å². The SMILES string of the molecule is Oc1ccc(-c2nc(C3CCNC3)co2)cc1. The number of benzene rings is 1. The molecule has 2 aromatic rings. The molecule has 1 unspecified atom stereocenters. The van der Waals surface area contributed by atoms with Crippen LogP contribution in [0, 0.1) is 0 Å². The third-order valence-corrected chi connectivity index (χ3v) is 3.11. The molecule has 0 spiro atoms. The Balaban J connectivity index is 1.86. The molecule has 0 aliphatic carbocycles. The number of hydrogen-bond donors (Lipinski definition) is 2. The highest BCUT2D eigenvalue weighted by Crippen LogP contribution is 2.26. The number of oxazole rings is 1. The average Bonchev–Trinajstić information content (AvgIpc) is 3.00. The van der Waals surface area contributed by atoms with E-state index < -0.39 is 0 Å². The van der Waals surface area contributed by atoms with Gasteiger partial charge in [0.25, 0.3) is 0 Å². The minimum atomic E-state index is 0.250. The molecule has 2 N–H and O–H groups in total. The van der Waals surface area contributed by atoms with Gasteiger partial charge in [-0.25, -0.2) is 4.98 Å². The second-order valence-corrected chi connectivity index (χ2v) is 4.31. The molecule has 1 saturated heterocycles. The molecule has 1 fully saturated rings. The van der Waals surface area contributed by atoms with Crippen LogP contribution in [0.15, 0.2) is 34.9 Å². The van der Waals surface area contributed by atoms with Gasteiger partial charge in [0.05, 0.1) is 5.69 Å². The lowest BCUT2D eigenvalue weighted by atomic mass is 10.1. The summed E-state index contributed by atoms with van der Waals surface area (Å²) in [5.74, 6) is 1.33. The first-order chi connectivity index (χ1) is 8.33. The van der Waals surface area contributed by atoms with Crippen LogP contribution in [-0.4, -0.2) is 23.2 Å². The normalized spacial score (nSPS) is 19.6. The zero-order valence-corrected chi connectivity index (χ0v) is 9.39. The average molecular weight is 230 g/mol. The standard InChI is InChI=1S/C13H14N2O2/c16-11-3-1-9(2-4-11)13-15-12(8-17-13)10-5-6-14-7-10/h1-4,8,10,14,16H,5-7H2. The number of phenolic OH excluding ortho intramolecular Hbond substituents is 1. The van der Waals surface area contributed by atoms with Gasteiger partial charge in [0.1, 0.15) is 12.0 Å². The second kappa shape index (κ2) is 4.22. The van der Waals surface area contributed by atoms with Crippen molar-refractivity contribution < 1.29 is 9.52 Å². The maximum atomic E-state index is 9.22. The highest BCUT2D eigenvalue weighted by atomic mass is 16.3. The lowest BCUT2D eigenvalue weighted by Gasteiger charge is -2.00. The van der Waals surface area contributed by atoms with Gasteiger partial charge in [-0.1, -0.05) is 0 Å². The summed E-state index contributed by atoms with van der Waals surface area (Å²) in [6.45, 7) is 2.02. The molecule has 1 atom stereocenters. The molecule has 1 aliphatic heterocycles. The number of aromatic hydroxyl groups is 1. The Morgan fingerprint density at radius 1 is 1.29 bits per heavy atom. The maximum absolute atomic E-state index is 9.22. The summed E-state index contributed by atoms with van der Waals surface area (Å²) < 4.78 is 5.48. The smallest absolute Gasteiger partial charge is 0.226 e. The summed E-state index contributed by atoms with van der Waals surface area (Å²) in [4.78, 5) is 4.50. The van der Waals surface area contributed by atoms with Crippen molar-refractivity contribution in [1.29, 1.82) is 0 Å². The van der Waals surface area contributed by atoms with E-state index in [0.717, 1.165) is 30.8 Å². The molecule has 1 aromatic heterocycles. The molecular weight excluding hydrogens is 216 g/mol. The maximum Gasteiger partial charge on any atom is 0.226 e. The molecule has 4 nitrogen and oxygen atoms in total. The lowest BCUT2D eigenvalue weighted by molar-refractivity contribution is 0.475. The van der Waals surface area contributed by atoms with E-state index in [0.29, 0.717) is 11.8 Å². The van der Waals surface area contributed by atoms with Gasteiger partial charge in [0.2, 0.25) is 5.89 Å². The van der Waals surface area contributed by atoms with E-state index in [1.54, 1.807) is 30.5 Å². The van der Waals surface area contributed by atoms with Crippen molar-refractivity contribution in [1.82, 2.24) is 10.3 Å². The Labute approximate surface area is 99.3 Å². The molecule has 4 heteroatoms. The lowest BCUT2D eigenvalue weighted by Crippen LogP contribution is -2.08. The molecule has 0 radical (unpaired) electrons. The van der Waals surface area contributed by atoms with Crippen LogP contribution < -0.4 is 5.32 Å². The van der Waals surface area contributed by atoms with E-state index in [1.165, 1.54) is 0 Å². The highest BCUT2D eigenvalue weighted by molar-refractivity contribution is 5.54. The van der Waals surface area contributed by atoms with E-state index in [2.05, 4.69) is 10.3 Å². The minimum absolute atomic E-state index is 0.250. The number of phenols is 1. The molecule has 88 valence electrons. The van der Waals surface area contributed by atoms with Crippen molar-refractivity contribution in [3.8, 4) is 17.2 Å². The monoisotopic (exact) mass is 230 g/mol. The highest BCUT2D eigenvalue weighted by Gasteiger charge is 2.20. The van der Waals surface area contributed by atoms with Crippen LogP contribution in [-0.2, 0) is 0 Å². The Bertz CT molecular complexity index is 498. The van der Waals surface area contributed by atoms with Crippen molar-refractivity contribution >= 4 is 0 Å². The van der Waals surface area contributed by atoms with Gasteiger partial charge in [-0.15, -0.1) is 0 Å². The first kappa shape index (κ1) is 10.4. The molecule has 17 heavy (non-hydrogen) atoms. The van der Waals surface area contributed by atoms with Crippen LogP contribution in [0.25, 0.3) is 11.5 Å². The Morgan fingerprint density at radius 2 is 2.12 bits per heavy atom. The topological polar surface area (TPSA) is 58.3 Å². The fraction of sp³-hybridized carbons (Fsp3) is 0.308. The number of nitrogens with one attached hydrogen (secondary N) is 1. The van der Waals surface area contributed by atoms with Crippen LogP contribution in [0.2, 0.25) is 0 Å². The Kier molecular flexibility index (Phi) is 2.57. The quantitative estimate of drug-likeness (QED) is 0.829. The van der Waals surface area contributed by atoms with Crippen molar-refractivity contribution in [2.75, 3.05) is 13.1 Å². The molecular formula is C13H14N2O2. The van der Waals surface area contributed by atoms with Crippen LogP contribution >= 0.6 is 0 Å². The van der Waals surface area contributed by atoms with Crippen molar-refractivity contribution in [2.45, 2.75) is 12.3 Å². The van der Waals surface area contributed by atoms with E-state index in [4.69, 9.17) is 4.42 Å². The predicted octanol–water partition coefficient (Wildman–Crippen LogP) is 2.12. The van der Waals surface area contributed by atoms with Gasteiger partial charge < -0.3 is 14.8 Å². The molecule has 2 heterocycles. The number of aromatic nitrogens is 1. The largest absolute Gasteiger partial charge is 0.508 e. The molecule has 1 aromatic carbocycles. The zero-order chi connectivity index (χ0) is 11.7. The van der Waals surface area contributed by atoms with E-state index >= 15 is 0 Å². The summed E-state index contributed by atoms with van der Waals surface area (Å²) in [5.41, 5.74) is 1.90. The molecule has 0 saturated carbocycles. The van der Waals surface area contributed by atoms with Gasteiger partial charge in [0, 0.05) is 18.0 Å². The van der Waals surface area contributed by atoms with Gasteiger partial charge in [-0.3, -0.25) is 0 Å². The van der Waals surface area contributed by atoms with Gasteiger partial charge in [-0.05, 0) is 37.2 Å². The summed E-state index contributed by atoms with van der Waals surface area (Å²) in [6.07, 6.45) is 2.85. The van der Waals surface area contributed by atoms with Crippen LogP contribution in [0.5, 0.6) is 5.75 Å². The van der Waals surface area contributed by atoms with Gasteiger partial charge >= 0.3 is 0 Å². The molecule has 0 bridgehead atoms. The van der Waals surface area contributed by atoms with Crippen molar-refractivity contribution in [3.63, 3.8) is 0 Å². The molecule has 3 rings (SSSR count). The third-order valence-electron chi connectivity index (χ3n) is 3.11. The van der Waals surface area contributed by atoms with E-state index in [1.807, 2.05) is 0 Å². The fourth-order valence-electron chi connectivity index (χ4n) is 2.12. The van der Waals surface area contributed by atoms with Crippen LogP contribution in [0.3, 0.4) is 0 Å². The Morgan fingerprint density at radius 3 is 2.82 bits per heavy atom. The summed E-state index contributed by atoms with van der Waals surface area (Å²) in [5, 5.41) is 12.5. The first-order valence-corrected chi connectivity index (χ1v) is 5.78. The fourth-order valence-corrected chi connectivity index (χ4v) is 2.12. The van der Waals surface area contributed by atoms with Crippen molar-refractivity contribution in [2.24, 2.45) is 0 Å². The summed E-state index contributed by atoms with van der Waals surface area (Å²) >= 11 is 0. The molecule has 1 aliphatic rings. The number of nitrogens with zero attached hydrogens (tertiary/aromatic N) is 1. The minimum Gasteiger partial charge on any atom is -0.508 e. The predicted molar refractivity (Wildman–Crippen MR) is 63.8 cm³/mol. The third kappa shape index (κ3) is 2.03. The van der Waals surface area contributed by atoms with Gasteiger partial charge in [-0.2, -0.15) is 0 Å². The van der Waals surface area contributed by atoms with Crippen molar-refractivity contribution in [3.05, 3.63) is 36.2 Å². The Hall–Kier alpha value is -1.81. The summed E-state index contributed by atoms with van der Waals surface area (Å²) in [7, 11) is 0. The van der Waals surface area contributed by atoms with E-state index in [-0.39, 0.29) is 5.75 Å². The second-order valence-electron chi connectivity index (χ2n) is 4.31.